The molecule has 0 heterocycles. The molecule has 1 aromatic rings. The molecule has 5 atom stereocenters. The largest absolute Gasteiger partial charge is 0.490 e. The van der Waals surface area contributed by atoms with Gasteiger partial charge in [0, 0.05) is 24.8 Å². The third-order valence-corrected chi connectivity index (χ3v) is 5.57. The van der Waals surface area contributed by atoms with Crippen LogP contribution in [0.1, 0.15) is 39.0 Å². The van der Waals surface area contributed by atoms with E-state index in [0.29, 0.717) is 25.0 Å². The zero-order chi connectivity index (χ0) is 22.9. The first kappa shape index (κ1) is 24.8. The zero-order valence-corrected chi connectivity index (χ0v) is 17.7. The quantitative estimate of drug-likeness (QED) is 0.315. The van der Waals surface area contributed by atoms with E-state index in [1.165, 1.54) is 18.2 Å². The molecule has 1 aromatic carbocycles. The summed E-state index contributed by atoms with van der Waals surface area (Å²) in [6.07, 6.45) is 6.67. The highest BCUT2D eigenvalue weighted by Gasteiger charge is 2.40. The summed E-state index contributed by atoms with van der Waals surface area (Å²) in [5.41, 5.74) is 1.61. The van der Waals surface area contributed by atoms with Gasteiger partial charge in [-0.05, 0) is 49.5 Å². The Labute approximate surface area is 182 Å². The van der Waals surface area contributed by atoms with Crippen LogP contribution in [0.4, 0.5) is 4.39 Å². The Balaban J connectivity index is 2.01. The summed E-state index contributed by atoms with van der Waals surface area (Å²) in [5, 5.41) is 40.2. The SMILES string of the molecule is CCC(O)(C=C[C@@H]1[C@@H](CC=C=CCCC(=O)O)[C@@H](O)C[C@H]1O)COc1cccc(F)c1. The van der Waals surface area contributed by atoms with Gasteiger partial charge in [0.25, 0.3) is 0 Å². The van der Waals surface area contributed by atoms with Gasteiger partial charge in [-0.3, -0.25) is 4.79 Å². The Morgan fingerprint density at radius 3 is 2.77 bits per heavy atom. The van der Waals surface area contributed by atoms with Gasteiger partial charge in [-0.2, -0.15) is 0 Å². The van der Waals surface area contributed by atoms with Crippen LogP contribution in [0.15, 0.2) is 54.3 Å². The first-order chi connectivity index (χ1) is 14.7. The molecule has 170 valence electrons. The Bertz CT molecular complexity index is 816. The van der Waals surface area contributed by atoms with Gasteiger partial charge in [0.1, 0.15) is 23.8 Å². The molecule has 0 aromatic heterocycles. The number of halogens is 1. The van der Waals surface area contributed by atoms with Crippen LogP contribution in [-0.2, 0) is 4.79 Å². The van der Waals surface area contributed by atoms with Crippen molar-refractivity contribution >= 4 is 5.97 Å². The number of benzene rings is 1. The summed E-state index contributed by atoms with van der Waals surface area (Å²) in [6.45, 7) is 1.72. The van der Waals surface area contributed by atoms with E-state index in [9.17, 15) is 24.5 Å². The summed E-state index contributed by atoms with van der Waals surface area (Å²) in [5.74, 6) is -1.60. The van der Waals surface area contributed by atoms with Crippen molar-refractivity contribution < 1.29 is 34.3 Å². The molecule has 1 aliphatic rings. The molecule has 2 rings (SSSR count). The molecule has 1 unspecified atom stereocenters. The molecule has 6 nitrogen and oxygen atoms in total. The number of hydrogen-bond acceptors (Lipinski definition) is 5. The van der Waals surface area contributed by atoms with E-state index in [1.807, 2.05) is 0 Å². The van der Waals surface area contributed by atoms with Crippen molar-refractivity contribution in [3.8, 4) is 5.75 Å². The highest BCUT2D eigenvalue weighted by Crippen LogP contribution is 2.36. The maximum atomic E-state index is 13.3. The van der Waals surface area contributed by atoms with Crippen LogP contribution in [0.5, 0.6) is 5.75 Å². The minimum atomic E-state index is -1.31. The van der Waals surface area contributed by atoms with Gasteiger partial charge in [-0.25, -0.2) is 4.39 Å². The van der Waals surface area contributed by atoms with Gasteiger partial charge >= 0.3 is 5.97 Å². The lowest BCUT2D eigenvalue weighted by Gasteiger charge is -2.25. The van der Waals surface area contributed by atoms with Crippen molar-refractivity contribution in [1.82, 2.24) is 0 Å². The molecule has 31 heavy (non-hydrogen) atoms. The monoisotopic (exact) mass is 434 g/mol. The molecule has 0 spiro atoms. The van der Waals surface area contributed by atoms with Crippen molar-refractivity contribution in [3.05, 3.63) is 60.1 Å². The Morgan fingerprint density at radius 2 is 2.10 bits per heavy atom. The van der Waals surface area contributed by atoms with Crippen molar-refractivity contribution in [3.63, 3.8) is 0 Å². The summed E-state index contributed by atoms with van der Waals surface area (Å²) in [6, 6.07) is 5.67. The number of aliphatic hydroxyl groups is 3. The Hall–Kier alpha value is -2.44. The molecule has 0 bridgehead atoms. The number of allylic oxidation sites excluding steroid dienone is 1. The van der Waals surface area contributed by atoms with Gasteiger partial charge in [0.15, 0.2) is 0 Å². The highest BCUT2D eigenvalue weighted by atomic mass is 19.1. The molecule has 1 saturated carbocycles. The van der Waals surface area contributed by atoms with Crippen LogP contribution in [0.3, 0.4) is 0 Å². The first-order valence-corrected chi connectivity index (χ1v) is 10.5. The predicted octanol–water partition coefficient (Wildman–Crippen LogP) is 3.23. The molecular weight excluding hydrogens is 403 g/mol. The van der Waals surface area contributed by atoms with Crippen LogP contribution >= 0.6 is 0 Å². The minimum Gasteiger partial charge on any atom is -0.490 e. The number of carbonyl (C=O) groups is 1. The second-order valence-corrected chi connectivity index (χ2v) is 7.92. The lowest BCUT2D eigenvalue weighted by Crippen LogP contribution is -2.33. The first-order valence-electron chi connectivity index (χ1n) is 10.5. The lowest BCUT2D eigenvalue weighted by molar-refractivity contribution is -0.136. The van der Waals surface area contributed by atoms with Crippen LogP contribution in [0, 0.1) is 17.7 Å². The van der Waals surface area contributed by atoms with Crippen molar-refractivity contribution in [2.45, 2.75) is 56.8 Å². The standard InChI is InChI=1S/C24H31FO6/c1-2-24(30,16-31-18-9-7-8-17(25)14-18)13-12-20-19(21(26)15-22(20)27)10-5-3-4-6-11-23(28)29/h4-5,7-9,12-14,19-22,26-27,30H,2,6,10-11,15-16H2,1H3,(H,28,29)/t3?,19-,20-,21+,22-,24?/m1/s1. The van der Waals surface area contributed by atoms with Gasteiger partial charge in [-0.1, -0.05) is 25.1 Å². The number of carboxylic acids is 1. The van der Waals surface area contributed by atoms with E-state index >= 15 is 0 Å². The van der Waals surface area contributed by atoms with Crippen molar-refractivity contribution in [2.75, 3.05) is 6.61 Å². The molecule has 0 saturated heterocycles. The molecule has 0 radical (unpaired) electrons. The average molecular weight is 435 g/mol. The van der Waals surface area contributed by atoms with Crippen LogP contribution < -0.4 is 4.74 Å². The topological polar surface area (TPSA) is 107 Å². The highest BCUT2D eigenvalue weighted by molar-refractivity contribution is 5.66. The summed E-state index contributed by atoms with van der Waals surface area (Å²) in [7, 11) is 0. The Morgan fingerprint density at radius 1 is 1.32 bits per heavy atom. The second kappa shape index (κ2) is 11.8. The Kier molecular flexibility index (Phi) is 9.46. The average Bonchev–Trinajstić information content (AvgIpc) is 2.99. The van der Waals surface area contributed by atoms with E-state index < -0.39 is 29.6 Å². The van der Waals surface area contributed by atoms with Gasteiger partial charge in [0.05, 0.1) is 12.2 Å². The number of carboxylic acid groups (broad SMARTS) is 1. The van der Waals surface area contributed by atoms with Crippen LogP contribution in [-0.4, -0.2) is 50.8 Å². The van der Waals surface area contributed by atoms with Crippen LogP contribution in [0.25, 0.3) is 0 Å². The third kappa shape index (κ3) is 7.96. The molecule has 7 heteroatoms. The lowest BCUT2D eigenvalue weighted by atomic mass is 9.88. The molecular formula is C24H31FO6. The van der Waals surface area contributed by atoms with Crippen molar-refractivity contribution in [2.24, 2.45) is 11.8 Å². The summed E-state index contributed by atoms with van der Waals surface area (Å²) >= 11 is 0. The summed E-state index contributed by atoms with van der Waals surface area (Å²) in [4.78, 5) is 10.5. The maximum Gasteiger partial charge on any atom is 0.303 e. The van der Waals surface area contributed by atoms with Gasteiger partial charge < -0.3 is 25.2 Å². The molecule has 1 fully saturated rings. The number of rotatable bonds is 11. The molecule has 1 aliphatic carbocycles. The minimum absolute atomic E-state index is 0.0320. The van der Waals surface area contributed by atoms with Crippen molar-refractivity contribution in [1.29, 1.82) is 0 Å². The normalized spacial score (nSPS) is 25.1. The van der Waals surface area contributed by atoms with E-state index in [4.69, 9.17) is 9.84 Å². The number of aliphatic carboxylic acids is 1. The predicted molar refractivity (Wildman–Crippen MR) is 114 cm³/mol. The molecule has 0 amide bonds. The van der Waals surface area contributed by atoms with E-state index in [0.717, 1.165) is 0 Å². The third-order valence-electron chi connectivity index (χ3n) is 5.57. The molecule has 0 aliphatic heterocycles. The van der Waals surface area contributed by atoms with E-state index in [1.54, 1.807) is 37.3 Å². The zero-order valence-electron chi connectivity index (χ0n) is 17.7. The van der Waals surface area contributed by atoms with E-state index in [-0.39, 0.29) is 31.3 Å². The van der Waals surface area contributed by atoms with Crippen LogP contribution in [0.2, 0.25) is 0 Å². The number of hydrogen-bond donors (Lipinski definition) is 4. The number of ether oxygens (including phenoxy) is 1. The second-order valence-electron chi connectivity index (χ2n) is 7.92. The van der Waals surface area contributed by atoms with E-state index in [2.05, 4.69) is 5.73 Å². The fourth-order valence-corrected chi connectivity index (χ4v) is 3.60. The maximum absolute atomic E-state index is 13.3. The van der Waals surface area contributed by atoms with Gasteiger partial charge in [-0.15, -0.1) is 5.73 Å². The smallest absolute Gasteiger partial charge is 0.303 e. The fraction of sp³-hybridized carbons (Fsp3) is 0.500. The fourth-order valence-electron chi connectivity index (χ4n) is 3.60. The molecule has 4 N–H and O–H groups in total. The van der Waals surface area contributed by atoms with Gasteiger partial charge in [0.2, 0.25) is 0 Å². The number of aliphatic hydroxyl groups excluding tert-OH is 2. The summed E-state index contributed by atoms with van der Waals surface area (Å²) < 4.78 is 18.8.